The van der Waals surface area contributed by atoms with Crippen LogP contribution in [0, 0.1) is 11.8 Å². The lowest BCUT2D eigenvalue weighted by molar-refractivity contribution is 0.183. The summed E-state index contributed by atoms with van der Waals surface area (Å²) in [4.78, 5) is 2.53. The molecule has 0 radical (unpaired) electrons. The van der Waals surface area contributed by atoms with E-state index in [4.69, 9.17) is 4.74 Å². The Bertz CT molecular complexity index is 430. The number of ether oxygens (including phenoxy) is 1. The molecular formula is C16H30N4O. The number of piperazine rings is 1. The number of methoxy groups -OCH3 is 1. The van der Waals surface area contributed by atoms with Gasteiger partial charge in [-0.25, -0.2) is 0 Å². The van der Waals surface area contributed by atoms with Gasteiger partial charge in [-0.05, 0) is 11.8 Å². The van der Waals surface area contributed by atoms with Crippen LogP contribution in [-0.2, 0) is 11.3 Å². The van der Waals surface area contributed by atoms with Gasteiger partial charge in [0.05, 0.1) is 25.0 Å². The first kappa shape index (κ1) is 16.3. The zero-order valence-electron chi connectivity index (χ0n) is 14.0. The van der Waals surface area contributed by atoms with E-state index in [1.807, 2.05) is 10.9 Å². The average molecular weight is 294 g/mol. The van der Waals surface area contributed by atoms with Crippen molar-refractivity contribution >= 4 is 5.69 Å². The highest BCUT2D eigenvalue weighted by molar-refractivity contribution is 5.45. The van der Waals surface area contributed by atoms with Gasteiger partial charge in [0.1, 0.15) is 0 Å². The Morgan fingerprint density at radius 3 is 2.71 bits per heavy atom. The molecule has 1 aliphatic heterocycles. The normalized spacial score (nSPS) is 23.3. The topological polar surface area (TPSA) is 42.3 Å². The SMILES string of the molecule is COCCn1cc(N2CC(C(C)C)NCC2C(C)C)cn1. The van der Waals surface area contributed by atoms with Crippen LogP contribution >= 0.6 is 0 Å². The Morgan fingerprint density at radius 2 is 2.10 bits per heavy atom. The minimum Gasteiger partial charge on any atom is -0.383 e. The fourth-order valence-electron chi connectivity index (χ4n) is 2.94. The summed E-state index contributed by atoms with van der Waals surface area (Å²) in [7, 11) is 1.72. The first-order valence-electron chi connectivity index (χ1n) is 8.04. The van der Waals surface area contributed by atoms with Crippen molar-refractivity contribution in [3.63, 3.8) is 0 Å². The molecule has 2 heterocycles. The molecule has 1 aromatic heterocycles. The maximum absolute atomic E-state index is 5.12. The molecule has 5 heteroatoms. The second kappa shape index (κ2) is 7.27. The maximum Gasteiger partial charge on any atom is 0.0756 e. The van der Waals surface area contributed by atoms with E-state index in [-0.39, 0.29) is 0 Å². The third-order valence-electron chi connectivity index (χ3n) is 4.43. The highest BCUT2D eigenvalue weighted by Gasteiger charge is 2.31. The van der Waals surface area contributed by atoms with Gasteiger partial charge in [-0.2, -0.15) is 5.10 Å². The van der Waals surface area contributed by atoms with E-state index in [0.29, 0.717) is 30.5 Å². The van der Waals surface area contributed by atoms with Crippen molar-refractivity contribution < 1.29 is 4.74 Å². The van der Waals surface area contributed by atoms with Crippen LogP contribution in [0.4, 0.5) is 5.69 Å². The van der Waals surface area contributed by atoms with Gasteiger partial charge in [0.25, 0.3) is 0 Å². The lowest BCUT2D eigenvalue weighted by Crippen LogP contribution is -2.59. The third-order valence-corrected chi connectivity index (χ3v) is 4.43. The Kier molecular flexibility index (Phi) is 5.65. The molecule has 120 valence electrons. The van der Waals surface area contributed by atoms with Crippen LogP contribution in [-0.4, -0.2) is 48.7 Å². The molecule has 1 aliphatic rings. The van der Waals surface area contributed by atoms with Crippen LogP contribution in [0.2, 0.25) is 0 Å². The average Bonchev–Trinajstić information content (AvgIpc) is 2.93. The molecule has 0 aliphatic carbocycles. The molecule has 1 fully saturated rings. The zero-order valence-corrected chi connectivity index (χ0v) is 14.0. The summed E-state index contributed by atoms with van der Waals surface area (Å²) in [6, 6.07) is 1.07. The number of anilines is 1. The molecule has 0 spiro atoms. The summed E-state index contributed by atoms with van der Waals surface area (Å²) in [5.41, 5.74) is 1.23. The first-order valence-corrected chi connectivity index (χ1v) is 8.04. The van der Waals surface area contributed by atoms with Gasteiger partial charge in [0.2, 0.25) is 0 Å². The van der Waals surface area contributed by atoms with E-state index in [1.165, 1.54) is 5.69 Å². The highest BCUT2D eigenvalue weighted by Crippen LogP contribution is 2.25. The van der Waals surface area contributed by atoms with Gasteiger partial charge < -0.3 is 15.0 Å². The monoisotopic (exact) mass is 294 g/mol. The van der Waals surface area contributed by atoms with Crippen LogP contribution < -0.4 is 10.2 Å². The second-order valence-corrected chi connectivity index (χ2v) is 6.68. The van der Waals surface area contributed by atoms with E-state index in [9.17, 15) is 0 Å². The van der Waals surface area contributed by atoms with E-state index in [0.717, 1.165) is 19.6 Å². The molecular weight excluding hydrogens is 264 g/mol. The molecule has 1 saturated heterocycles. The highest BCUT2D eigenvalue weighted by atomic mass is 16.5. The number of aromatic nitrogens is 2. The molecule has 0 saturated carbocycles. The Hall–Kier alpha value is -1.07. The number of rotatable bonds is 6. The molecule has 0 amide bonds. The van der Waals surface area contributed by atoms with Crippen LogP contribution in [0.1, 0.15) is 27.7 Å². The predicted molar refractivity (Wildman–Crippen MR) is 86.7 cm³/mol. The Balaban J connectivity index is 2.13. The molecule has 5 nitrogen and oxygen atoms in total. The van der Waals surface area contributed by atoms with Crippen molar-refractivity contribution in [2.45, 2.75) is 46.3 Å². The van der Waals surface area contributed by atoms with Crippen molar-refractivity contribution in [2.75, 3.05) is 31.7 Å². The van der Waals surface area contributed by atoms with E-state index < -0.39 is 0 Å². The molecule has 0 aromatic carbocycles. The van der Waals surface area contributed by atoms with Gasteiger partial charge in [-0.1, -0.05) is 27.7 Å². The standard InChI is InChI=1S/C16H30N4O/c1-12(2)15-11-20(16(9-17-15)13(3)4)14-8-18-19(10-14)6-7-21-5/h8,10,12-13,15-17H,6-7,9,11H2,1-5H3. The van der Waals surface area contributed by atoms with E-state index >= 15 is 0 Å². The molecule has 21 heavy (non-hydrogen) atoms. The summed E-state index contributed by atoms with van der Waals surface area (Å²) in [6.07, 6.45) is 4.14. The molecule has 0 bridgehead atoms. The van der Waals surface area contributed by atoms with Gasteiger partial charge in [0, 0.05) is 38.5 Å². The summed E-state index contributed by atoms with van der Waals surface area (Å²) in [5, 5.41) is 8.17. The maximum atomic E-state index is 5.12. The third kappa shape index (κ3) is 3.98. The first-order chi connectivity index (χ1) is 10.0. The lowest BCUT2D eigenvalue weighted by atomic mass is 9.94. The molecule has 1 N–H and O–H groups in total. The minimum absolute atomic E-state index is 0.528. The predicted octanol–water partition coefficient (Wildman–Crippen LogP) is 1.99. The number of hydrogen-bond acceptors (Lipinski definition) is 4. The van der Waals surface area contributed by atoms with Gasteiger partial charge in [-0.15, -0.1) is 0 Å². The van der Waals surface area contributed by atoms with E-state index in [1.54, 1.807) is 7.11 Å². The second-order valence-electron chi connectivity index (χ2n) is 6.68. The van der Waals surface area contributed by atoms with Gasteiger partial charge in [0.15, 0.2) is 0 Å². The minimum atomic E-state index is 0.528. The smallest absolute Gasteiger partial charge is 0.0756 e. The van der Waals surface area contributed by atoms with Gasteiger partial charge >= 0.3 is 0 Å². The number of hydrogen-bond donors (Lipinski definition) is 1. The summed E-state index contributed by atoms with van der Waals surface area (Å²) >= 11 is 0. The van der Waals surface area contributed by atoms with Crippen molar-refractivity contribution in [3.05, 3.63) is 12.4 Å². The van der Waals surface area contributed by atoms with Crippen LogP contribution in [0.5, 0.6) is 0 Å². The van der Waals surface area contributed by atoms with Crippen LogP contribution in [0.15, 0.2) is 12.4 Å². The van der Waals surface area contributed by atoms with E-state index in [2.05, 4.69) is 49.2 Å². The van der Waals surface area contributed by atoms with Crippen molar-refractivity contribution in [3.8, 4) is 0 Å². The zero-order chi connectivity index (χ0) is 15.4. The fraction of sp³-hybridized carbons (Fsp3) is 0.812. The van der Waals surface area contributed by atoms with Crippen molar-refractivity contribution in [1.29, 1.82) is 0 Å². The van der Waals surface area contributed by atoms with Crippen LogP contribution in [0.3, 0.4) is 0 Å². The van der Waals surface area contributed by atoms with Crippen molar-refractivity contribution in [1.82, 2.24) is 15.1 Å². The largest absolute Gasteiger partial charge is 0.383 e. The Morgan fingerprint density at radius 1 is 1.33 bits per heavy atom. The van der Waals surface area contributed by atoms with Crippen LogP contribution in [0.25, 0.3) is 0 Å². The molecule has 2 rings (SSSR count). The summed E-state index contributed by atoms with van der Waals surface area (Å²) < 4.78 is 7.10. The number of nitrogens with one attached hydrogen (secondary N) is 1. The summed E-state index contributed by atoms with van der Waals surface area (Å²) in [6.45, 7) is 12.8. The molecule has 2 unspecified atom stereocenters. The molecule has 1 aromatic rings. The van der Waals surface area contributed by atoms with Gasteiger partial charge in [-0.3, -0.25) is 4.68 Å². The Labute approximate surface area is 128 Å². The quantitative estimate of drug-likeness (QED) is 0.871. The number of nitrogens with zero attached hydrogens (tertiary/aromatic N) is 3. The fourth-order valence-corrected chi connectivity index (χ4v) is 2.94. The molecule has 2 atom stereocenters. The summed E-state index contributed by atoms with van der Waals surface area (Å²) in [5.74, 6) is 1.26. The lowest BCUT2D eigenvalue weighted by Gasteiger charge is -2.44. The van der Waals surface area contributed by atoms with Crippen molar-refractivity contribution in [2.24, 2.45) is 11.8 Å².